The maximum Gasteiger partial charge on any atom is 0.421 e. The van der Waals surface area contributed by atoms with Crippen LogP contribution in [0.1, 0.15) is 31.4 Å². The predicted octanol–water partition coefficient (Wildman–Crippen LogP) is 4.15. The van der Waals surface area contributed by atoms with Gasteiger partial charge in [0.2, 0.25) is 15.9 Å². The lowest BCUT2D eigenvalue weighted by Gasteiger charge is -2.46. The van der Waals surface area contributed by atoms with Gasteiger partial charge in [-0.05, 0) is 36.3 Å². The van der Waals surface area contributed by atoms with Gasteiger partial charge in [-0.1, -0.05) is 66.8 Å². The number of carbonyl (C=O) groups excluding carboxylic acids is 1. The number of alkyl halides is 3. The van der Waals surface area contributed by atoms with Crippen LogP contribution in [0.25, 0.3) is 0 Å². The van der Waals surface area contributed by atoms with Crippen molar-refractivity contribution in [1.82, 2.24) is 9.62 Å². The average molecular weight is 594 g/mol. The van der Waals surface area contributed by atoms with E-state index < -0.39 is 27.3 Å². The second-order valence-electron chi connectivity index (χ2n) is 10.0. The van der Waals surface area contributed by atoms with Crippen LogP contribution in [0.2, 0.25) is 0 Å². The molecule has 2 atom stereocenters. The van der Waals surface area contributed by atoms with Gasteiger partial charge in [0.05, 0.1) is 10.4 Å². The second kappa shape index (κ2) is 11.2. The lowest BCUT2D eigenvalue weighted by Crippen LogP contribution is -2.64. The molecule has 0 aromatic heterocycles. The Bertz CT molecular complexity index is 1440. The summed E-state index contributed by atoms with van der Waals surface area (Å²) < 4.78 is 69.2. The van der Waals surface area contributed by atoms with Gasteiger partial charge in [0.15, 0.2) is 5.60 Å². The van der Waals surface area contributed by atoms with Crippen LogP contribution in [-0.2, 0) is 26.0 Å². The van der Waals surface area contributed by atoms with E-state index in [1.54, 1.807) is 42.5 Å². The molecule has 2 aromatic rings. The molecule has 1 amide bonds. The summed E-state index contributed by atoms with van der Waals surface area (Å²) in [6.07, 6.45) is 0.288. The average Bonchev–Trinajstić information content (AvgIpc) is 2.92. The quantitative estimate of drug-likeness (QED) is 0.469. The molecule has 2 aliphatic rings. The van der Waals surface area contributed by atoms with Crippen molar-refractivity contribution in [3.8, 4) is 0 Å². The zero-order chi connectivity index (χ0) is 29.3. The Hall–Kier alpha value is -2.90. The van der Waals surface area contributed by atoms with E-state index in [1.807, 2.05) is 0 Å². The summed E-state index contributed by atoms with van der Waals surface area (Å²) in [4.78, 5) is 14.6. The smallest absolute Gasteiger partial charge is 0.376 e. The van der Waals surface area contributed by atoms with Crippen molar-refractivity contribution >= 4 is 38.7 Å². The first-order chi connectivity index (χ1) is 18.7. The Kier molecular flexibility index (Phi) is 8.40. The molecule has 12 heteroatoms. The summed E-state index contributed by atoms with van der Waals surface area (Å²) in [7, 11) is -4.01. The van der Waals surface area contributed by atoms with Gasteiger partial charge in [0.25, 0.3) is 0 Å². The highest BCUT2D eigenvalue weighted by atomic mass is 32.2. The fourth-order valence-electron chi connectivity index (χ4n) is 4.88. The van der Waals surface area contributed by atoms with Gasteiger partial charge in [-0.25, -0.2) is 8.42 Å². The van der Waals surface area contributed by atoms with E-state index in [2.05, 4.69) is 5.32 Å². The number of carbonyl (C=O) groups is 1. The van der Waals surface area contributed by atoms with Gasteiger partial charge < -0.3 is 15.3 Å². The molecule has 2 aromatic carbocycles. The van der Waals surface area contributed by atoms with Crippen molar-refractivity contribution in [3.05, 3.63) is 88.9 Å². The zero-order valence-corrected chi connectivity index (χ0v) is 23.6. The van der Waals surface area contributed by atoms with Crippen molar-refractivity contribution in [2.24, 2.45) is 0 Å². The molecule has 40 heavy (non-hydrogen) atoms. The standard InChI is InChI=1S/C28H30F3N3O4S2/c1-20(35)34(23-8-4-3-5-9-23)19-27(22-14-12-21(13-15-22)26(2,36)28(29,30)31)18-33(17-16-32-27)40(37,38)25-11-7-6-10-24(25)39/h3-9,11-15,32,36H,10,16-19H2,1-2H3/t26?,27-/m1/s1. The number of nitrogens with zero attached hydrogens (tertiary/aromatic N) is 2. The number of nitrogens with one attached hydrogen (secondary N) is 1. The number of aliphatic hydroxyl groups is 1. The minimum atomic E-state index is -4.90. The number of anilines is 1. The Morgan fingerprint density at radius 1 is 1.15 bits per heavy atom. The molecule has 4 rings (SSSR count). The molecule has 2 N–H and O–H groups in total. The van der Waals surface area contributed by atoms with Crippen LogP contribution >= 0.6 is 12.2 Å². The molecule has 0 spiro atoms. The normalized spacial score (nSPS) is 21.9. The van der Waals surface area contributed by atoms with Gasteiger partial charge in [0.1, 0.15) is 0 Å². The van der Waals surface area contributed by atoms with E-state index in [-0.39, 0.29) is 42.6 Å². The number of hydrogen-bond acceptors (Lipinski definition) is 6. The number of piperazine rings is 1. The number of thiocarbonyl (C=S) groups is 1. The third-order valence-corrected chi connectivity index (χ3v) is 9.72. The van der Waals surface area contributed by atoms with Crippen LogP contribution in [0, 0.1) is 0 Å². The van der Waals surface area contributed by atoms with Crippen LogP contribution in [0.3, 0.4) is 0 Å². The fraction of sp³-hybridized carbons (Fsp3) is 0.357. The first-order valence-corrected chi connectivity index (χ1v) is 14.4. The summed E-state index contributed by atoms with van der Waals surface area (Å²) in [6.45, 7) is 2.26. The van der Waals surface area contributed by atoms with Gasteiger partial charge in [0, 0.05) is 50.1 Å². The molecule has 0 radical (unpaired) electrons. The highest BCUT2D eigenvalue weighted by Crippen LogP contribution is 2.39. The third kappa shape index (κ3) is 5.77. The van der Waals surface area contributed by atoms with Crippen LogP contribution in [0.15, 0.2) is 77.7 Å². The summed E-state index contributed by atoms with van der Waals surface area (Å²) >= 11 is 5.33. The van der Waals surface area contributed by atoms with E-state index in [9.17, 15) is 31.5 Å². The molecule has 0 saturated carbocycles. The molecule has 0 bridgehead atoms. The molecular weight excluding hydrogens is 563 g/mol. The van der Waals surface area contributed by atoms with Crippen molar-refractivity contribution in [2.75, 3.05) is 31.1 Å². The fourth-order valence-corrected chi connectivity index (χ4v) is 6.99. The molecular formula is C28H30F3N3O4S2. The summed E-state index contributed by atoms with van der Waals surface area (Å²) in [5, 5.41) is 13.5. The summed E-state index contributed by atoms with van der Waals surface area (Å²) in [5.74, 6) is -0.301. The topological polar surface area (TPSA) is 90.0 Å². The van der Waals surface area contributed by atoms with Crippen LogP contribution in [0.5, 0.6) is 0 Å². The second-order valence-corrected chi connectivity index (χ2v) is 12.4. The lowest BCUT2D eigenvalue weighted by atomic mass is 9.85. The zero-order valence-electron chi connectivity index (χ0n) is 22.0. The lowest BCUT2D eigenvalue weighted by molar-refractivity contribution is -0.258. The predicted molar refractivity (Wildman–Crippen MR) is 151 cm³/mol. The first-order valence-electron chi connectivity index (χ1n) is 12.6. The van der Waals surface area contributed by atoms with Crippen LogP contribution in [-0.4, -0.2) is 61.0 Å². The van der Waals surface area contributed by atoms with E-state index in [0.29, 0.717) is 29.5 Å². The minimum Gasteiger partial charge on any atom is -0.376 e. The summed E-state index contributed by atoms with van der Waals surface area (Å²) in [6, 6.07) is 14.0. The number of rotatable bonds is 7. The SMILES string of the molecule is CC(=O)N(C[C@@]1(c2ccc(C(C)(O)C(F)(F)F)cc2)CN(S(=O)(=O)C2=CC=CCC2=S)CCN1)c1ccccc1. The van der Waals surface area contributed by atoms with Gasteiger partial charge in [-0.3, -0.25) is 4.79 Å². The minimum absolute atomic E-state index is 0.0171. The maximum atomic E-state index is 13.7. The third-order valence-electron chi connectivity index (χ3n) is 7.28. The Morgan fingerprint density at radius 3 is 2.38 bits per heavy atom. The molecule has 7 nitrogen and oxygen atoms in total. The molecule has 214 valence electrons. The molecule has 1 fully saturated rings. The molecule has 1 unspecified atom stereocenters. The summed E-state index contributed by atoms with van der Waals surface area (Å²) in [5.41, 5.74) is -3.62. The van der Waals surface area contributed by atoms with Gasteiger partial charge in [-0.15, -0.1) is 0 Å². The van der Waals surface area contributed by atoms with Gasteiger partial charge >= 0.3 is 6.18 Å². The largest absolute Gasteiger partial charge is 0.421 e. The van der Waals surface area contributed by atoms with Crippen molar-refractivity contribution in [1.29, 1.82) is 0 Å². The van der Waals surface area contributed by atoms with Gasteiger partial charge in [-0.2, -0.15) is 17.5 Å². The van der Waals surface area contributed by atoms with E-state index in [1.165, 1.54) is 46.5 Å². The van der Waals surface area contributed by atoms with Crippen molar-refractivity contribution < 1.29 is 31.5 Å². The van der Waals surface area contributed by atoms with Crippen LogP contribution in [0.4, 0.5) is 18.9 Å². The Morgan fingerprint density at radius 2 is 1.80 bits per heavy atom. The first kappa shape index (κ1) is 30.1. The number of amides is 1. The maximum absolute atomic E-state index is 13.7. The van der Waals surface area contributed by atoms with Crippen LogP contribution < -0.4 is 10.2 Å². The molecule has 1 saturated heterocycles. The number of halogens is 3. The highest BCUT2D eigenvalue weighted by Gasteiger charge is 2.51. The molecule has 1 aliphatic heterocycles. The van der Waals surface area contributed by atoms with Crippen molar-refractivity contribution in [3.63, 3.8) is 0 Å². The van der Waals surface area contributed by atoms with E-state index >= 15 is 0 Å². The number of para-hydroxylation sites is 1. The van der Waals surface area contributed by atoms with Crippen molar-refractivity contribution in [2.45, 2.75) is 37.6 Å². The van der Waals surface area contributed by atoms with E-state index in [4.69, 9.17) is 12.2 Å². The number of allylic oxidation sites excluding steroid dienone is 4. The molecule has 1 heterocycles. The Balaban J connectivity index is 1.80. The highest BCUT2D eigenvalue weighted by molar-refractivity contribution is 7.96. The Labute approximate surface area is 237 Å². The molecule has 1 aliphatic carbocycles. The van der Waals surface area contributed by atoms with E-state index in [0.717, 1.165) is 0 Å². The monoisotopic (exact) mass is 593 g/mol. The number of hydrogen-bond donors (Lipinski definition) is 2. The number of sulfonamides is 1. The number of benzene rings is 2.